The Hall–Kier alpha value is -1.35. The van der Waals surface area contributed by atoms with Crippen LogP contribution >= 0.6 is 0 Å². The summed E-state index contributed by atoms with van der Waals surface area (Å²) >= 11 is 0. The van der Waals surface area contributed by atoms with Crippen LogP contribution in [0.15, 0.2) is 31.0 Å². The third kappa shape index (κ3) is 2.56. The lowest BCUT2D eigenvalue weighted by atomic mass is 10.3. The van der Waals surface area contributed by atoms with Crippen LogP contribution in [0, 0.1) is 0 Å². The zero-order valence-corrected chi connectivity index (χ0v) is 7.77. The summed E-state index contributed by atoms with van der Waals surface area (Å²) in [7, 11) is 1.94. The summed E-state index contributed by atoms with van der Waals surface area (Å²) in [5.74, 6) is 0.853. The molecule has 0 saturated heterocycles. The van der Waals surface area contributed by atoms with Crippen molar-refractivity contribution in [2.24, 2.45) is 0 Å². The Balaban J connectivity index is 2.81. The van der Waals surface area contributed by atoms with Gasteiger partial charge < -0.3 is 10.0 Å². The SMILES string of the molecule is C=CCN(C)c1cc(CO)ccn1. The van der Waals surface area contributed by atoms with Gasteiger partial charge in [-0.3, -0.25) is 0 Å². The van der Waals surface area contributed by atoms with E-state index in [-0.39, 0.29) is 6.61 Å². The van der Waals surface area contributed by atoms with E-state index in [9.17, 15) is 0 Å². The lowest BCUT2D eigenvalue weighted by Crippen LogP contribution is -2.17. The highest BCUT2D eigenvalue weighted by atomic mass is 16.3. The number of aliphatic hydroxyl groups is 1. The molecule has 0 aliphatic rings. The third-order valence-electron chi connectivity index (χ3n) is 1.79. The molecule has 70 valence electrons. The Bertz CT molecular complexity index is 286. The summed E-state index contributed by atoms with van der Waals surface area (Å²) in [5, 5.41) is 8.91. The minimum absolute atomic E-state index is 0.0530. The van der Waals surface area contributed by atoms with Gasteiger partial charge in [-0.2, -0.15) is 0 Å². The zero-order valence-electron chi connectivity index (χ0n) is 7.77. The van der Waals surface area contributed by atoms with Crippen molar-refractivity contribution in [2.75, 3.05) is 18.5 Å². The molecule has 0 unspecified atom stereocenters. The minimum atomic E-state index is 0.0530. The number of anilines is 1. The van der Waals surface area contributed by atoms with Crippen LogP contribution in [0.25, 0.3) is 0 Å². The van der Waals surface area contributed by atoms with Crippen LogP contribution in [0.1, 0.15) is 5.56 Å². The van der Waals surface area contributed by atoms with Crippen LogP contribution in [0.2, 0.25) is 0 Å². The second-order valence-corrected chi connectivity index (χ2v) is 2.85. The highest BCUT2D eigenvalue weighted by molar-refractivity contribution is 5.40. The smallest absolute Gasteiger partial charge is 0.128 e. The van der Waals surface area contributed by atoms with Crippen LogP contribution in [-0.4, -0.2) is 23.7 Å². The molecule has 0 aromatic carbocycles. The molecule has 0 fully saturated rings. The van der Waals surface area contributed by atoms with Crippen molar-refractivity contribution in [2.45, 2.75) is 6.61 Å². The second kappa shape index (κ2) is 4.62. The summed E-state index contributed by atoms with van der Waals surface area (Å²) < 4.78 is 0. The van der Waals surface area contributed by atoms with Gasteiger partial charge in [0, 0.05) is 19.8 Å². The van der Waals surface area contributed by atoms with Gasteiger partial charge in [-0.25, -0.2) is 4.98 Å². The highest BCUT2D eigenvalue weighted by Gasteiger charge is 2.00. The van der Waals surface area contributed by atoms with E-state index < -0.39 is 0 Å². The maximum Gasteiger partial charge on any atom is 0.128 e. The number of aliphatic hydroxyl groups excluding tert-OH is 1. The largest absolute Gasteiger partial charge is 0.392 e. The average Bonchev–Trinajstić information content (AvgIpc) is 2.18. The minimum Gasteiger partial charge on any atom is -0.392 e. The van der Waals surface area contributed by atoms with E-state index in [2.05, 4.69) is 11.6 Å². The molecule has 13 heavy (non-hydrogen) atoms. The van der Waals surface area contributed by atoms with Crippen LogP contribution in [0.3, 0.4) is 0 Å². The van der Waals surface area contributed by atoms with Crippen LogP contribution in [0.4, 0.5) is 5.82 Å². The molecule has 0 amide bonds. The summed E-state index contributed by atoms with van der Waals surface area (Å²) in [6.07, 6.45) is 3.51. The summed E-state index contributed by atoms with van der Waals surface area (Å²) in [6.45, 7) is 4.45. The molecule has 0 bridgehead atoms. The Morgan fingerprint density at radius 1 is 1.69 bits per heavy atom. The van der Waals surface area contributed by atoms with Gasteiger partial charge in [-0.05, 0) is 17.7 Å². The number of aromatic nitrogens is 1. The van der Waals surface area contributed by atoms with Gasteiger partial charge in [0.05, 0.1) is 6.61 Å². The standard InChI is InChI=1S/C10H14N2O/c1-3-6-12(2)10-7-9(8-13)4-5-11-10/h3-5,7,13H,1,6,8H2,2H3. The molecule has 1 N–H and O–H groups in total. The van der Waals surface area contributed by atoms with Crippen molar-refractivity contribution >= 4 is 5.82 Å². The third-order valence-corrected chi connectivity index (χ3v) is 1.79. The summed E-state index contributed by atoms with van der Waals surface area (Å²) in [4.78, 5) is 6.14. The van der Waals surface area contributed by atoms with Crippen molar-refractivity contribution < 1.29 is 5.11 Å². The predicted octanol–water partition coefficient (Wildman–Crippen LogP) is 1.20. The molecule has 0 atom stereocenters. The molecule has 1 rings (SSSR count). The fraction of sp³-hybridized carbons (Fsp3) is 0.300. The number of pyridine rings is 1. The number of hydrogen-bond acceptors (Lipinski definition) is 3. The molecular formula is C10H14N2O. The van der Waals surface area contributed by atoms with Gasteiger partial charge >= 0.3 is 0 Å². The number of hydrogen-bond donors (Lipinski definition) is 1. The average molecular weight is 178 g/mol. The van der Waals surface area contributed by atoms with E-state index in [0.29, 0.717) is 0 Å². The Morgan fingerprint density at radius 3 is 3.08 bits per heavy atom. The number of likely N-dealkylation sites (N-methyl/N-ethyl adjacent to an activating group) is 1. The monoisotopic (exact) mass is 178 g/mol. The Kier molecular flexibility index (Phi) is 3.46. The molecule has 1 aromatic rings. The van der Waals surface area contributed by atoms with E-state index in [1.165, 1.54) is 0 Å². The maximum atomic E-state index is 8.91. The van der Waals surface area contributed by atoms with Gasteiger partial charge in [-0.1, -0.05) is 6.08 Å². The van der Waals surface area contributed by atoms with E-state index >= 15 is 0 Å². The topological polar surface area (TPSA) is 36.4 Å². The fourth-order valence-electron chi connectivity index (χ4n) is 1.05. The number of rotatable bonds is 4. The van der Waals surface area contributed by atoms with Crippen molar-refractivity contribution in [3.8, 4) is 0 Å². The van der Waals surface area contributed by atoms with E-state index in [4.69, 9.17) is 5.11 Å². The molecule has 1 aromatic heterocycles. The highest BCUT2D eigenvalue weighted by Crippen LogP contribution is 2.10. The molecular weight excluding hydrogens is 164 g/mol. The molecule has 0 aliphatic heterocycles. The summed E-state index contributed by atoms with van der Waals surface area (Å²) in [6, 6.07) is 3.66. The van der Waals surface area contributed by atoms with Crippen LogP contribution in [-0.2, 0) is 6.61 Å². The van der Waals surface area contributed by atoms with Crippen molar-refractivity contribution in [1.29, 1.82) is 0 Å². The van der Waals surface area contributed by atoms with E-state index in [0.717, 1.165) is 17.9 Å². The Labute approximate surface area is 78.3 Å². The predicted molar refractivity (Wildman–Crippen MR) is 53.6 cm³/mol. The van der Waals surface area contributed by atoms with E-state index in [1.54, 1.807) is 12.3 Å². The number of nitrogens with zero attached hydrogens (tertiary/aromatic N) is 2. The van der Waals surface area contributed by atoms with Gasteiger partial charge in [-0.15, -0.1) is 6.58 Å². The van der Waals surface area contributed by atoms with Crippen LogP contribution < -0.4 is 4.90 Å². The lowest BCUT2D eigenvalue weighted by molar-refractivity contribution is 0.282. The van der Waals surface area contributed by atoms with Gasteiger partial charge in [0.25, 0.3) is 0 Å². The molecule has 0 aliphatic carbocycles. The molecule has 0 spiro atoms. The van der Waals surface area contributed by atoms with E-state index in [1.807, 2.05) is 24.1 Å². The second-order valence-electron chi connectivity index (χ2n) is 2.85. The first-order chi connectivity index (χ1) is 6.27. The van der Waals surface area contributed by atoms with Crippen molar-refractivity contribution in [3.05, 3.63) is 36.5 Å². The first-order valence-electron chi connectivity index (χ1n) is 4.15. The summed E-state index contributed by atoms with van der Waals surface area (Å²) in [5.41, 5.74) is 0.876. The van der Waals surface area contributed by atoms with Gasteiger partial charge in [0.15, 0.2) is 0 Å². The van der Waals surface area contributed by atoms with Crippen LogP contribution in [0.5, 0.6) is 0 Å². The van der Waals surface area contributed by atoms with Crippen molar-refractivity contribution in [3.63, 3.8) is 0 Å². The maximum absolute atomic E-state index is 8.91. The van der Waals surface area contributed by atoms with Crippen molar-refractivity contribution in [1.82, 2.24) is 4.98 Å². The zero-order chi connectivity index (χ0) is 9.68. The van der Waals surface area contributed by atoms with Gasteiger partial charge in [0.2, 0.25) is 0 Å². The first kappa shape index (κ1) is 9.74. The Morgan fingerprint density at radius 2 is 2.46 bits per heavy atom. The molecule has 0 saturated carbocycles. The fourth-order valence-corrected chi connectivity index (χ4v) is 1.05. The molecule has 0 radical (unpaired) electrons. The molecule has 3 heteroatoms. The quantitative estimate of drug-likeness (QED) is 0.704. The van der Waals surface area contributed by atoms with Gasteiger partial charge in [0.1, 0.15) is 5.82 Å². The lowest BCUT2D eigenvalue weighted by Gasteiger charge is -2.15. The molecule has 1 heterocycles. The normalized spacial score (nSPS) is 9.69. The molecule has 3 nitrogen and oxygen atoms in total. The first-order valence-corrected chi connectivity index (χ1v) is 4.15.